The topological polar surface area (TPSA) is 113 Å². The molecule has 3 rings (SSSR count). The van der Waals surface area contributed by atoms with Crippen molar-refractivity contribution in [3.63, 3.8) is 0 Å². The van der Waals surface area contributed by atoms with Crippen molar-refractivity contribution in [3.8, 4) is 0 Å². The molecule has 9 unspecified atom stereocenters. The van der Waals surface area contributed by atoms with E-state index in [1.807, 2.05) is 6.92 Å². The maximum Gasteiger partial charge on any atom is 0.340 e. The Balaban J connectivity index is 1.96. The van der Waals surface area contributed by atoms with Gasteiger partial charge in [0.05, 0.1) is 18.1 Å². The molecule has 1 aliphatic heterocycles. The fraction of sp³-hybridized carbons (Fsp3) is 0.800. The second kappa shape index (κ2) is 6.57. The number of carbonyl (C=O) groups excluding carboxylic acids is 2. The number of aliphatic hydroxyl groups is 3. The highest BCUT2D eigenvalue weighted by Crippen LogP contribution is 2.58. The van der Waals surface area contributed by atoms with E-state index in [9.17, 15) is 24.9 Å². The van der Waals surface area contributed by atoms with Crippen LogP contribution in [0.25, 0.3) is 0 Å². The SMILES string of the molecule is C=C1C(=O)OC2C1C(OC(=O)C(C)(O)C(C)O)CC1(C)C(O)CCC(C)C21. The van der Waals surface area contributed by atoms with E-state index < -0.39 is 53.3 Å². The monoisotopic (exact) mass is 382 g/mol. The quantitative estimate of drug-likeness (QED) is 0.492. The molecule has 27 heavy (non-hydrogen) atoms. The number of fused-ring (bicyclic) bond motifs is 3. The Hall–Kier alpha value is -1.44. The zero-order chi connectivity index (χ0) is 20.3. The third-order valence-corrected chi connectivity index (χ3v) is 7.17. The summed E-state index contributed by atoms with van der Waals surface area (Å²) in [6.45, 7) is 10.4. The first-order valence-electron chi connectivity index (χ1n) is 9.60. The van der Waals surface area contributed by atoms with E-state index in [1.54, 1.807) is 0 Å². The summed E-state index contributed by atoms with van der Waals surface area (Å²) in [7, 11) is 0. The van der Waals surface area contributed by atoms with Gasteiger partial charge >= 0.3 is 11.9 Å². The van der Waals surface area contributed by atoms with Gasteiger partial charge in [0.1, 0.15) is 12.2 Å². The van der Waals surface area contributed by atoms with Crippen molar-refractivity contribution in [2.75, 3.05) is 0 Å². The van der Waals surface area contributed by atoms with Crippen LogP contribution in [0.2, 0.25) is 0 Å². The van der Waals surface area contributed by atoms with Crippen LogP contribution in [-0.2, 0) is 19.1 Å². The Morgan fingerprint density at radius 1 is 1.44 bits per heavy atom. The van der Waals surface area contributed by atoms with Crippen molar-refractivity contribution in [2.45, 2.75) is 77.0 Å². The standard InChI is InChI=1S/C20H30O7/c1-9-6-7-13(22)19(4)8-12(26-18(24)20(5,25)11(3)21)14-10(2)17(23)27-16(14)15(9)19/h9,11-16,21-22,25H,2,6-8H2,1,3-5H3. The largest absolute Gasteiger partial charge is 0.459 e. The second-order valence-electron chi connectivity index (χ2n) is 8.99. The molecule has 3 aliphatic rings. The van der Waals surface area contributed by atoms with Gasteiger partial charge in [0.15, 0.2) is 5.60 Å². The molecule has 0 aromatic rings. The number of rotatable bonds is 3. The van der Waals surface area contributed by atoms with Crippen molar-refractivity contribution in [1.29, 1.82) is 0 Å². The van der Waals surface area contributed by atoms with Crippen molar-refractivity contribution >= 4 is 11.9 Å². The molecule has 2 saturated carbocycles. The van der Waals surface area contributed by atoms with Gasteiger partial charge in [-0.25, -0.2) is 9.59 Å². The summed E-state index contributed by atoms with van der Waals surface area (Å²) in [5, 5.41) is 30.7. The minimum absolute atomic E-state index is 0.0679. The van der Waals surface area contributed by atoms with E-state index in [4.69, 9.17) is 9.47 Å². The van der Waals surface area contributed by atoms with Gasteiger partial charge in [-0.05, 0) is 39.0 Å². The van der Waals surface area contributed by atoms with Gasteiger partial charge in [0, 0.05) is 16.9 Å². The summed E-state index contributed by atoms with van der Waals surface area (Å²) in [5.74, 6) is -1.82. The molecule has 7 nitrogen and oxygen atoms in total. The molecule has 3 fully saturated rings. The Kier molecular flexibility index (Phi) is 4.94. The Morgan fingerprint density at radius 2 is 2.07 bits per heavy atom. The molecule has 0 aromatic carbocycles. The van der Waals surface area contributed by atoms with E-state index >= 15 is 0 Å². The molecule has 1 saturated heterocycles. The van der Waals surface area contributed by atoms with Crippen LogP contribution in [0.1, 0.15) is 47.0 Å². The molecular formula is C20H30O7. The molecule has 3 N–H and O–H groups in total. The van der Waals surface area contributed by atoms with Crippen LogP contribution in [0.15, 0.2) is 12.2 Å². The first kappa shape index (κ1) is 20.3. The van der Waals surface area contributed by atoms with Gasteiger partial charge in [-0.1, -0.05) is 20.4 Å². The van der Waals surface area contributed by atoms with Crippen molar-refractivity contribution < 1.29 is 34.4 Å². The summed E-state index contributed by atoms with van der Waals surface area (Å²) in [6.07, 6.45) is -1.43. The van der Waals surface area contributed by atoms with Gasteiger partial charge in [0.25, 0.3) is 0 Å². The lowest BCUT2D eigenvalue weighted by Gasteiger charge is -2.56. The molecule has 0 bridgehead atoms. The van der Waals surface area contributed by atoms with Gasteiger partial charge in [-0.3, -0.25) is 0 Å². The fourth-order valence-corrected chi connectivity index (χ4v) is 5.22. The molecule has 0 aromatic heterocycles. The third-order valence-electron chi connectivity index (χ3n) is 7.17. The summed E-state index contributed by atoms with van der Waals surface area (Å²) < 4.78 is 11.2. The number of aliphatic hydroxyl groups excluding tert-OH is 2. The smallest absolute Gasteiger partial charge is 0.340 e. The van der Waals surface area contributed by atoms with Crippen molar-refractivity contribution in [2.24, 2.45) is 23.2 Å². The average molecular weight is 382 g/mol. The summed E-state index contributed by atoms with van der Waals surface area (Å²) >= 11 is 0. The Morgan fingerprint density at radius 3 is 2.67 bits per heavy atom. The van der Waals surface area contributed by atoms with E-state index in [2.05, 4.69) is 13.5 Å². The highest BCUT2D eigenvalue weighted by Gasteiger charge is 2.63. The maximum atomic E-state index is 12.5. The van der Waals surface area contributed by atoms with Crippen LogP contribution in [0.3, 0.4) is 0 Å². The van der Waals surface area contributed by atoms with Crippen LogP contribution < -0.4 is 0 Å². The minimum Gasteiger partial charge on any atom is -0.459 e. The number of hydrogen-bond donors (Lipinski definition) is 3. The number of ether oxygens (including phenoxy) is 2. The van der Waals surface area contributed by atoms with E-state index in [0.717, 1.165) is 6.42 Å². The van der Waals surface area contributed by atoms with Crippen LogP contribution in [-0.4, -0.2) is 57.3 Å². The molecule has 2 aliphatic carbocycles. The lowest BCUT2D eigenvalue weighted by atomic mass is 9.52. The molecule has 0 amide bonds. The van der Waals surface area contributed by atoms with Crippen LogP contribution in [0.4, 0.5) is 0 Å². The van der Waals surface area contributed by atoms with Crippen molar-refractivity contribution in [1.82, 2.24) is 0 Å². The average Bonchev–Trinajstić information content (AvgIpc) is 2.86. The molecule has 0 radical (unpaired) electrons. The van der Waals surface area contributed by atoms with Gasteiger partial charge in [0.2, 0.25) is 0 Å². The molecular weight excluding hydrogens is 352 g/mol. The minimum atomic E-state index is -2.07. The number of carbonyl (C=O) groups is 2. The number of hydrogen-bond acceptors (Lipinski definition) is 7. The Bertz CT molecular complexity index is 655. The molecule has 1 heterocycles. The van der Waals surface area contributed by atoms with E-state index in [0.29, 0.717) is 12.8 Å². The van der Waals surface area contributed by atoms with Crippen LogP contribution >= 0.6 is 0 Å². The maximum absolute atomic E-state index is 12.5. The molecule has 9 atom stereocenters. The summed E-state index contributed by atoms with van der Waals surface area (Å²) in [6, 6.07) is 0. The zero-order valence-corrected chi connectivity index (χ0v) is 16.3. The van der Waals surface area contributed by atoms with Gasteiger partial charge in [-0.2, -0.15) is 0 Å². The number of esters is 2. The lowest BCUT2D eigenvalue weighted by molar-refractivity contribution is -0.208. The lowest BCUT2D eigenvalue weighted by Crippen LogP contribution is -2.60. The van der Waals surface area contributed by atoms with E-state index in [1.165, 1.54) is 13.8 Å². The highest BCUT2D eigenvalue weighted by atomic mass is 16.6. The van der Waals surface area contributed by atoms with Gasteiger partial charge < -0.3 is 24.8 Å². The summed E-state index contributed by atoms with van der Waals surface area (Å²) in [5.41, 5.74) is -2.41. The predicted octanol–water partition coefficient (Wildman–Crippen LogP) is 0.945. The zero-order valence-electron chi connectivity index (χ0n) is 16.3. The summed E-state index contributed by atoms with van der Waals surface area (Å²) in [4.78, 5) is 24.7. The van der Waals surface area contributed by atoms with Crippen LogP contribution in [0, 0.1) is 23.2 Å². The molecule has 7 heteroatoms. The predicted molar refractivity (Wildman–Crippen MR) is 95.3 cm³/mol. The van der Waals surface area contributed by atoms with Crippen molar-refractivity contribution in [3.05, 3.63) is 12.2 Å². The molecule has 152 valence electrons. The highest BCUT2D eigenvalue weighted by molar-refractivity contribution is 5.91. The third kappa shape index (κ3) is 3.00. The normalized spacial score (nSPS) is 44.6. The Labute approximate surface area is 159 Å². The van der Waals surface area contributed by atoms with E-state index in [-0.39, 0.29) is 17.4 Å². The first-order chi connectivity index (χ1) is 12.4. The second-order valence-corrected chi connectivity index (χ2v) is 8.99. The van der Waals surface area contributed by atoms with Gasteiger partial charge in [-0.15, -0.1) is 0 Å². The van der Waals surface area contributed by atoms with Crippen LogP contribution in [0.5, 0.6) is 0 Å². The first-order valence-corrected chi connectivity index (χ1v) is 9.60. The fourth-order valence-electron chi connectivity index (χ4n) is 5.22. The molecule has 0 spiro atoms.